The van der Waals surface area contributed by atoms with Gasteiger partial charge in [-0.15, -0.1) is 0 Å². The number of rotatable bonds is 9. The van der Waals surface area contributed by atoms with Gasteiger partial charge in [0, 0.05) is 26.3 Å². The van der Waals surface area contributed by atoms with Gasteiger partial charge in [0.25, 0.3) is 0 Å². The molecule has 0 radical (unpaired) electrons. The molecule has 1 fully saturated rings. The molecule has 1 unspecified atom stereocenters. The van der Waals surface area contributed by atoms with Crippen molar-refractivity contribution in [2.75, 3.05) is 60.1 Å². The third-order valence-corrected chi connectivity index (χ3v) is 3.31. The second-order valence-electron chi connectivity index (χ2n) is 5.68. The highest BCUT2D eigenvalue weighted by Crippen LogP contribution is 2.03. The number of likely N-dealkylation sites (N-methyl/N-ethyl adjacent to an activating group) is 1. The molecule has 1 saturated heterocycles. The Hall–Kier alpha value is -0.690. The first-order valence-corrected chi connectivity index (χ1v) is 7.98. The summed E-state index contributed by atoms with van der Waals surface area (Å²) in [4.78, 5) is 13.2. The summed E-state index contributed by atoms with van der Waals surface area (Å²) in [5.74, 6) is 0.559. The number of hydrogen-bond donors (Lipinski definition) is 3. The van der Waals surface area contributed by atoms with Crippen molar-refractivity contribution in [2.24, 2.45) is 5.92 Å². The predicted octanol–water partition coefficient (Wildman–Crippen LogP) is 0.890. The van der Waals surface area contributed by atoms with Crippen molar-refractivity contribution >= 4 is 5.97 Å². The molecule has 6 heteroatoms. The van der Waals surface area contributed by atoms with Gasteiger partial charge in [0.15, 0.2) is 0 Å². The average molecular weight is 319 g/mol. The second-order valence-corrected chi connectivity index (χ2v) is 5.68. The normalized spacial score (nSPS) is 14.8. The molecule has 0 aliphatic carbocycles. The lowest BCUT2D eigenvalue weighted by Crippen LogP contribution is -2.28. The molecular formula is C16H38N4O2. The highest BCUT2D eigenvalue weighted by atomic mass is 16.5. The predicted molar refractivity (Wildman–Crippen MR) is 94.1 cm³/mol. The van der Waals surface area contributed by atoms with E-state index >= 15 is 0 Å². The van der Waals surface area contributed by atoms with Gasteiger partial charge in [0.05, 0.1) is 6.54 Å². The van der Waals surface area contributed by atoms with E-state index in [9.17, 15) is 4.79 Å². The van der Waals surface area contributed by atoms with Crippen LogP contribution in [0.2, 0.25) is 0 Å². The molecule has 0 bridgehead atoms. The zero-order chi connectivity index (χ0) is 15.9. The first-order valence-electron chi connectivity index (χ1n) is 7.98. The molecule has 1 atom stereocenters. The van der Waals surface area contributed by atoms with Crippen LogP contribution in [0.1, 0.15) is 34.1 Å². The van der Waals surface area contributed by atoms with Crippen LogP contribution < -0.4 is 16.0 Å². The summed E-state index contributed by atoms with van der Waals surface area (Å²) in [5, 5.41) is 9.32. The summed E-state index contributed by atoms with van der Waals surface area (Å²) in [7, 11) is 3.91. The van der Waals surface area contributed by atoms with Crippen molar-refractivity contribution in [1.82, 2.24) is 20.9 Å². The largest absolute Gasteiger partial charge is 0.463 e. The Morgan fingerprint density at radius 2 is 1.95 bits per heavy atom. The third kappa shape index (κ3) is 17.4. The van der Waals surface area contributed by atoms with Gasteiger partial charge in [-0.2, -0.15) is 0 Å². The minimum Gasteiger partial charge on any atom is -0.463 e. The Balaban J connectivity index is 0. The van der Waals surface area contributed by atoms with Gasteiger partial charge < -0.3 is 25.6 Å². The van der Waals surface area contributed by atoms with E-state index in [1.807, 2.05) is 19.0 Å². The minimum absolute atomic E-state index is 0. The van der Waals surface area contributed by atoms with Crippen LogP contribution in [0.3, 0.4) is 0 Å². The topological polar surface area (TPSA) is 65.6 Å². The number of carbonyl (C=O) groups is 1. The molecule has 0 saturated carbocycles. The van der Waals surface area contributed by atoms with Gasteiger partial charge in [0.1, 0.15) is 6.61 Å². The van der Waals surface area contributed by atoms with E-state index in [4.69, 9.17) is 4.74 Å². The summed E-state index contributed by atoms with van der Waals surface area (Å²) in [6.45, 7) is 10.1. The summed E-state index contributed by atoms with van der Waals surface area (Å²) >= 11 is 0. The van der Waals surface area contributed by atoms with E-state index in [-0.39, 0.29) is 13.4 Å². The minimum atomic E-state index is -0.161. The van der Waals surface area contributed by atoms with Crippen molar-refractivity contribution in [3.8, 4) is 0 Å². The number of ether oxygens (including phenoxy) is 1. The van der Waals surface area contributed by atoms with Crippen LogP contribution in [-0.4, -0.2) is 71.0 Å². The van der Waals surface area contributed by atoms with Gasteiger partial charge in [0.2, 0.25) is 0 Å². The maximum Gasteiger partial charge on any atom is 0.319 e. The lowest BCUT2D eigenvalue weighted by molar-refractivity contribution is -0.142. The van der Waals surface area contributed by atoms with Crippen LogP contribution in [-0.2, 0) is 9.53 Å². The molecule has 134 valence electrons. The maximum atomic E-state index is 11.2. The van der Waals surface area contributed by atoms with Crippen LogP contribution >= 0.6 is 0 Å². The summed E-state index contributed by atoms with van der Waals surface area (Å²) in [6.07, 6.45) is 2.30. The number of nitrogens with one attached hydrogen (secondary N) is 3. The lowest BCUT2D eigenvalue weighted by atomic mass is 10.1. The molecule has 0 amide bonds. The Bertz CT molecular complexity index is 239. The molecule has 0 aromatic rings. The number of nitrogens with zero attached hydrogens (tertiary/aromatic N) is 1. The van der Waals surface area contributed by atoms with Crippen molar-refractivity contribution < 1.29 is 9.53 Å². The van der Waals surface area contributed by atoms with Gasteiger partial charge in [-0.1, -0.05) is 27.7 Å². The molecule has 0 aromatic carbocycles. The van der Waals surface area contributed by atoms with E-state index in [2.05, 4.69) is 29.8 Å². The van der Waals surface area contributed by atoms with Crippen LogP contribution in [0.4, 0.5) is 0 Å². The summed E-state index contributed by atoms with van der Waals surface area (Å²) in [5.41, 5.74) is 0. The van der Waals surface area contributed by atoms with E-state index in [1.54, 1.807) is 0 Å². The number of hydrogen-bond acceptors (Lipinski definition) is 6. The Labute approximate surface area is 137 Å². The molecule has 6 nitrogen and oxygen atoms in total. The van der Waals surface area contributed by atoms with Crippen LogP contribution in [0, 0.1) is 5.92 Å². The highest BCUT2D eigenvalue weighted by Gasteiger charge is 2.03. The fourth-order valence-electron chi connectivity index (χ4n) is 1.58. The molecule has 3 N–H and O–H groups in total. The monoisotopic (exact) mass is 318 g/mol. The lowest BCUT2D eigenvalue weighted by Gasteiger charge is -2.11. The van der Waals surface area contributed by atoms with E-state index in [1.165, 1.54) is 6.42 Å². The zero-order valence-corrected chi connectivity index (χ0v) is 14.2. The van der Waals surface area contributed by atoms with Gasteiger partial charge in [-0.3, -0.25) is 4.79 Å². The van der Waals surface area contributed by atoms with E-state index < -0.39 is 0 Å². The van der Waals surface area contributed by atoms with Crippen molar-refractivity contribution in [1.29, 1.82) is 0 Å². The molecule has 22 heavy (non-hydrogen) atoms. The SMILES string of the molecule is C.C1CNCN1.CCC(C)CCNCC(=O)OCCN(C)C. The van der Waals surface area contributed by atoms with Crippen LogP contribution in [0.15, 0.2) is 0 Å². The molecule has 1 rings (SSSR count). The Morgan fingerprint density at radius 3 is 2.41 bits per heavy atom. The number of carbonyl (C=O) groups excluding carboxylic acids is 1. The van der Waals surface area contributed by atoms with Crippen LogP contribution in [0.5, 0.6) is 0 Å². The average Bonchev–Trinajstić information content (AvgIpc) is 3.02. The molecule has 1 heterocycles. The molecule has 1 aliphatic heterocycles. The quantitative estimate of drug-likeness (QED) is 0.433. The van der Waals surface area contributed by atoms with Gasteiger partial charge in [-0.25, -0.2) is 0 Å². The fourth-order valence-corrected chi connectivity index (χ4v) is 1.58. The van der Waals surface area contributed by atoms with Crippen molar-refractivity contribution in [3.05, 3.63) is 0 Å². The standard InChI is InChI=1S/C12H26N2O2.C3H8N2.CH4/c1-5-11(2)6-7-13-10-12(15)16-9-8-14(3)4;1-2-5-3-4-1;/h11,13H,5-10H2,1-4H3;4-5H,1-3H2;1H4. The molecule has 0 spiro atoms. The van der Waals surface area contributed by atoms with Gasteiger partial charge >= 0.3 is 5.97 Å². The van der Waals surface area contributed by atoms with Crippen molar-refractivity contribution in [3.63, 3.8) is 0 Å². The summed E-state index contributed by atoms with van der Waals surface area (Å²) in [6, 6.07) is 0. The first kappa shape index (κ1) is 23.6. The zero-order valence-electron chi connectivity index (χ0n) is 14.2. The van der Waals surface area contributed by atoms with Crippen molar-refractivity contribution in [2.45, 2.75) is 34.1 Å². The second kappa shape index (κ2) is 16.7. The molecular weight excluding hydrogens is 280 g/mol. The highest BCUT2D eigenvalue weighted by molar-refractivity contribution is 5.71. The smallest absolute Gasteiger partial charge is 0.319 e. The van der Waals surface area contributed by atoms with Crippen LogP contribution in [0.25, 0.3) is 0 Å². The first-order chi connectivity index (χ1) is 10.1. The van der Waals surface area contributed by atoms with E-state index in [0.717, 1.165) is 45.2 Å². The Kier molecular flexibility index (Phi) is 17.9. The Morgan fingerprint density at radius 1 is 1.32 bits per heavy atom. The molecule has 1 aliphatic rings. The van der Waals surface area contributed by atoms with Gasteiger partial charge in [-0.05, 0) is 33.0 Å². The molecule has 0 aromatic heterocycles. The summed E-state index contributed by atoms with van der Waals surface area (Å²) < 4.78 is 5.04. The van der Waals surface area contributed by atoms with E-state index in [0.29, 0.717) is 13.2 Å². The fraction of sp³-hybridized carbons (Fsp3) is 0.938. The maximum absolute atomic E-state index is 11.2. The third-order valence-electron chi connectivity index (χ3n) is 3.31. The number of esters is 1.